The largest absolute Gasteiger partial charge is 0.367 e. The molecular weight excluding hydrogens is 431 g/mol. The maximum absolute atomic E-state index is 15.1. The van der Waals surface area contributed by atoms with E-state index in [1.807, 2.05) is 0 Å². The molecule has 1 saturated carbocycles. The molecule has 1 aromatic heterocycles. The van der Waals surface area contributed by atoms with Crippen molar-refractivity contribution in [1.29, 1.82) is 0 Å². The summed E-state index contributed by atoms with van der Waals surface area (Å²) in [5.41, 5.74) is -0.177. The SMILES string of the molecule is CCCN(c1ccc(Cl)c(C(=O)Nc2ccc(NC3CCCC3)nc2)c1F)S(=O)O. The van der Waals surface area contributed by atoms with E-state index >= 15 is 4.39 Å². The topological polar surface area (TPSA) is 94.6 Å². The minimum atomic E-state index is -2.43. The molecule has 0 radical (unpaired) electrons. The lowest BCUT2D eigenvalue weighted by Crippen LogP contribution is -2.28. The number of carbonyl (C=O) groups excluding carboxylic acids is 1. The van der Waals surface area contributed by atoms with Gasteiger partial charge in [-0.2, -0.15) is 0 Å². The summed E-state index contributed by atoms with van der Waals surface area (Å²) in [5.74, 6) is -1.01. The van der Waals surface area contributed by atoms with Crippen LogP contribution in [0, 0.1) is 5.82 Å². The van der Waals surface area contributed by atoms with Crippen LogP contribution in [-0.4, -0.2) is 32.2 Å². The molecule has 162 valence electrons. The predicted octanol–water partition coefficient (Wildman–Crippen LogP) is 4.83. The Labute approximate surface area is 182 Å². The molecule has 3 N–H and O–H groups in total. The van der Waals surface area contributed by atoms with Crippen LogP contribution >= 0.6 is 11.6 Å². The molecule has 2 aromatic rings. The summed E-state index contributed by atoms with van der Waals surface area (Å²) in [7, 11) is 0. The number of nitrogens with zero attached hydrogens (tertiary/aromatic N) is 2. The zero-order chi connectivity index (χ0) is 21.7. The summed E-state index contributed by atoms with van der Waals surface area (Å²) >= 11 is 3.63. The molecule has 0 spiro atoms. The van der Waals surface area contributed by atoms with Gasteiger partial charge >= 0.3 is 0 Å². The minimum Gasteiger partial charge on any atom is -0.367 e. The predicted molar refractivity (Wildman–Crippen MR) is 118 cm³/mol. The third-order valence-electron chi connectivity index (χ3n) is 4.91. The van der Waals surface area contributed by atoms with Crippen LogP contribution in [0.4, 0.5) is 21.6 Å². The molecule has 1 aromatic carbocycles. The van der Waals surface area contributed by atoms with Crippen molar-refractivity contribution in [3.05, 3.63) is 46.9 Å². The van der Waals surface area contributed by atoms with Crippen molar-refractivity contribution < 1.29 is 17.9 Å². The Balaban J connectivity index is 1.77. The first-order valence-electron chi connectivity index (χ1n) is 9.81. The molecular formula is C20H24ClFN4O3S. The summed E-state index contributed by atoms with van der Waals surface area (Å²) in [6.45, 7) is 1.93. The normalized spacial score (nSPS) is 15.1. The lowest BCUT2D eigenvalue weighted by atomic mass is 10.1. The van der Waals surface area contributed by atoms with E-state index in [1.165, 1.54) is 31.2 Å². The van der Waals surface area contributed by atoms with Gasteiger partial charge in [0.05, 0.1) is 28.2 Å². The molecule has 1 aliphatic rings. The fourth-order valence-electron chi connectivity index (χ4n) is 3.45. The highest BCUT2D eigenvalue weighted by Gasteiger charge is 2.24. The van der Waals surface area contributed by atoms with Gasteiger partial charge in [-0.25, -0.2) is 13.6 Å². The summed E-state index contributed by atoms with van der Waals surface area (Å²) in [6, 6.07) is 6.45. The number of hydrogen-bond acceptors (Lipinski definition) is 4. The zero-order valence-corrected chi connectivity index (χ0v) is 18.1. The van der Waals surface area contributed by atoms with Crippen molar-refractivity contribution in [2.75, 3.05) is 21.5 Å². The Kier molecular flexibility index (Phi) is 7.63. The van der Waals surface area contributed by atoms with Crippen LogP contribution in [-0.2, 0) is 11.3 Å². The second-order valence-electron chi connectivity index (χ2n) is 7.10. The van der Waals surface area contributed by atoms with Gasteiger partial charge < -0.3 is 10.6 Å². The quantitative estimate of drug-likeness (QED) is 0.496. The molecule has 0 saturated heterocycles. The molecule has 30 heavy (non-hydrogen) atoms. The van der Waals surface area contributed by atoms with E-state index in [4.69, 9.17) is 11.6 Å². The van der Waals surface area contributed by atoms with Gasteiger partial charge in [0.1, 0.15) is 5.82 Å². The van der Waals surface area contributed by atoms with Gasteiger partial charge in [0.15, 0.2) is 5.82 Å². The number of amides is 1. The number of nitrogens with one attached hydrogen (secondary N) is 2. The second kappa shape index (κ2) is 10.2. The van der Waals surface area contributed by atoms with E-state index in [1.54, 1.807) is 19.1 Å². The molecule has 7 nitrogen and oxygen atoms in total. The number of aromatic nitrogens is 1. The van der Waals surface area contributed by atoms with Crippen LogP contribution < -0.4 is 14.9 Å². The molecule has 1 heterocycles. The molecule has 1 aliphatic carbocycles. The average Bonchev–Trinajstić information content (AvgIpc) is 3.21. The van der Waals surface area contributed by atoms with Gasteiger partial charge in [0.25, 0.3) is 17.2 Å². The van der Waals surface area contributed by atoms with Crippen LogP contribution in [0.2, 0.25) is 5.02 Å². The fourth-order valence-corrected chi connectivity index (χ4v) is 4.33. The Hall–Kier alpha value is -2.23. The highest BCUT2D eigenvalue weighted by molar-refractivity contribution is 7.80. The monoisotopic (exact) mass is 454 g/mol. The Bertz CT molecular complexity index is 923. The van der Waals surface area contributed by atoms with Crippen molar-refractivity contribution >= 4 is 46.0 Å². The van der Waals surface area contributed by atoms with E-state index in [0.717, 1.165) is 17.1 Å². The standard InChI is InChI=1S/C20H24ClFN4O3S/c1-2-11-26(30(28)29)16-9-8-15(21)18(19(16)22)20(27)25-14-7-10-17(23-12-14)24-13-5-3-4-6-13/h7-10,12-13H,2-6,11H2,1H3,(H,23,24)(H,25,27)(H,28,29). The van der Waals surface area contributed by atoms with Crippen LogP contribution in [0.3, 0.4) is 0 Å². The maximum atomic E-state index is 15.1. The van der Waals surface area contributed by atoms with Crippen molar-refractivity contribution in [2.45, 2.75) is 45.1 Å². The van der Waals surface area contributed by atoms with Crippen molar-refractivity contribution in [3.8, 4) is 0 Å². The second-order valence-corrected chi connectivity index (χ2v) is 8.41. The summed E-state index contributed by atoms with van der Waals surface area (Å²) in [6.07, 6.45) is 6.64. The molecule has 1 unspecified atom stereocenters. The fraction of sp³-hybridized carbons (Fsp3) is 0.400. The van der Waals surface area contributed by atoms with Gasteiger partial charge in [0.2, 0.25) is 0 Å². The first kappa shape index (κ1) is 22.5. The molecule has 10 heteroatoms. The highest BCUT2D eigenvalue weighted by Crippen LogP contribution is 2.30. The number of carbonyl (C=O) groups is 1. The summed E-state index contributed by atoms with van der Waals surface area (Å²) < 4.78 is 37.1. The van der Waals surface area contributed by atoms with E-state index in [9.17, 15) is 13.6 Å². The summed E-state index contributed by atoms with van der Waals surface area (Å²) in [5, 5.41) is 5.83. The smallest absolute Gasteiger partial charge is 0.261 e. The molecule has 0 aliphatic heterocycles. The van der Waals surface area contributed by atoms with E-state index in [2.05, 4.69) is 15.6 Å². The number of anilines is 3. The lowest BCUT2D eigenvalue weighted by Gasteiger charge is -2.21. The van der Waals surface area contributed by atoms with Gasteiger partial charge in [-0.1, -0.05) is 31.4 Å². The molecule has 1 fully saturated rings. The van der Waals surface area contributed by atoms with Gasteiger partial charge in [-0.15, -0.1) is 0 Å². The molecule has 0 bridgehead atoms. The van der Waals surface area contributed by atoms with Crippen LogP contribution in [0.5, 0.6) is 0 Å². The highest BCUT2D eigenvalue weighted by atomic mass is 35.5. The van der Waals surface area contributed by atoms with Gasteiger partial charge in [-0.05, 0) is 43.5 Å². The van der Waals surface area contributed by atoms with Crippen molar-refractivity contribution in [3.63, 3.8) is 0 Å². The number of halogens is 2. The van der Waals surface area contributed by atoms with Gasteiger partial charge in [0, 0.05) is 12.6 Å². The molecule has 1 atom stereocenters. The number of hydrogen-bond donors (Lipinski definition) is 3. The number of pyridine rings is 1. The van der Waals surface area contributed by atoms with Crippen LogP contribution in [0.15, 0.2) is 30.5 Å². The van der Waals surface area contributed by atoms with Crippen molar-refractivity contribution in [2.24, 2.45) is 0 Å². The first-order valence-corrected chi connectivity index (χ1v) is 11.2. The lowest BCUT2D eigenvalue weighted by molar-refractivity contribution is 0.102. The Morgan fingerprint density at radius 3 is 2.67 bits per heavy atom. The third-order valence-corrected chi connectivity index (χ3v) is 5.98. The number of benzene rings is 1. The average molecular weight is 455 g/mol. The third kappa shape index (κ3) is 5.27. The minimum absolute atomic E-state index is 0.0959. The summed E-state index contributed by atoms with van der Waals surface area (Å²) in [4.78, 5) is 17.0. The van der Waals surface area contributed by atoms with E-state index in [0.29, 0.717) is 24.0 Å². The van der Waals surface area contributed by atoms with E-state index < -0.39 is 28.6 Å². The number of rotatable bonds is 8. The van der Waals surface area contributed by atoms with E-state index in [-0.39, 0.29) is 17.3 Å². The molecule has 3 rings (SSSR count). The zero-order valence-electron chi connectivity index (χ0n) is 16.5. The maximum Gasteiger partial charge on any atom is 0.261 e. The first-order chi connectivity index (χ1) is 14.4. The van der Waals surface area contributed by atoms with Crippen LogP contribution in [0.1, 0.15) is 49.4 Å². The molecule has 1 amide bonds. The van der Waals surface area contributed by atoms with Crippen molar-refractivity contribution in [1.82, 2.24) is 4.98 Å². The van der Waals surface area contributed by atoms with Crippen LogP contribution in [0.25, 0.3) is 0 Å². The Morgan fingerprint density at radius 1 is 1.33 bits per heavy atom. The van der Waals surface area contributed by atoms with Gasteiger partial charge in [-0.3, -0.25) is 13.7 Å². The Morgan fingerprint density at radius 2 is 2.07 bits per heavy atom.